The number of aromatic nitrogens is 1. The lowest BCUT2D eigenvalue weighted by atomic mass is 9.92. The minimum atomic E-state index is -0.675. The molecular weight excluding hydrogens is 448 g/mol. The first kappa shape index (κ1) is 23.7. The summed E-state index contributed by atoms with van der Waals surface area (Å²) in [5.41, 5.74) is 4.17. The van der Waals surface area contributed by atoms with Crippen LogP contribution in [0.15, 0.2) is 53.7 Å². The molecule has 3 heterocycles. The third-order valence-corrected chi connectivity index (χ3v) is 7.32. The molecular formula is C27H28N2O4S. The maximum absolute atomic E-state index is 13.3. The smallest absolute Gasteiger partial charge is 0.295 e. The van der Waals surface area contributed by atoms with Gasteiger partial charge in [-0.25, -0.2) is 0 Å². The highest BCUT2D eigenvalue weighted by molar-refractivity contribution is 7.10. The van der Waals surface area contributed by atoms with E-state index in [4.69, 9.17) is 4.74 Å². The fraction of sp³-hybridized carbons (Fsp3) is 0.296. The maximum atomic E-state index is 13.3. The summed E-state index contributed by atoms with van der Waals surface area (Å²) in [7, 11) is 1.62. The average Bonchev–Trinajstić information content (AvgIpc) is 3.34. The monoisotopic (exact) mass is 476 g/mol. The van der Waals surface area contributed by atoms with E-state index in [9.17, 15) is 14.7 Å². The number of aryl methyl sites for hydroxylation is 2. The van der Waals surface area contributed by atoms with Gasteiger partial charge in [-0.2, -0.15) is 0 Å². The van der Waals surface area contributed by atoms with Gasteiger partial charge in [0.1, 0.15) is 17.6 Å². The summed E-state index contributed by atoms with van der Waals surface area (Å²) in [5.74, 6) is -0.577. The van der Waals surface area contributed by atoms with E-state index in [1.807, 2.05) is 63.4 Å². The van der Waals surface area contributed by atoms with E-state index in [1.165, 1.54) is 11.3 Å². The summed E-state index contributed by atoms with van der Waals surface area (Å²) in [6.45, 7) is 8.14. The largest absolute Gasteiger partial charge is 0.507 e. The van der Waals surface area contributed by atoms with Crippen molar-refractivity contribution in [3.05, 3.63) is 86.4 Å². The number of ketones is 1. The third kappa shape index (κ3) is 4.12. The predicted molar refractivity (Wildman–Crippen MR) is 133 cm³/mol. The molecule has 4 rings (SSSR count). The van der Waals surface area contributed by atoms with Crippen LogP contribution >= 0.6 is 11.3 Å². The number of thiophene rings is 1. The molecule has 1 saturated heterocycles. The first-order valence-electron chi connectivity index (χ1n) is 11.1. The Morgan fingerprint density at radius 2 is 1.85 bits per heavy atom. The van der Waals surface area contributed by atoms with Gasteiger partial charge in [-0.15, -0.1) is 11.3 Å². The van der Waals surface area contributed by atoms with Crippen LogP contribution in [0.3, 0.4) is 0 Å². The molecule has 34 heavy (non-hydrogen) atoms. The van der Waals surface area contributed by atoms with Gasteiger partial charge in [0.05, 0.1) is 12.7 Å². The molecule has 6 nitrogen and oxygen atoms in total. The first-order valence-corrected chi connectivity index (χ1v) is 12.0. The molecule has 1 amide bonds. The van der Waals surface area contributed by atoms with Gasteiger partial charge in [0.25, 0.3) is 11.7 Å². The number of methoxy groups -OCH3 is 1. The number of rotatable bonds is 6. The Bertz CT molecular complexity index is 1280. The molecule has 0 radical (unpaired) electrons. The topological polar surface area (TPSA) is 79.7 Å². The lowest BCUT2D eigenvalue weighted by Crippen LogP contribution is -2.29. The molecule has 0 saturated carbocycles. The van der Waals surface area contributed by atoms with Crippen molar-refractivity contribution in [1.29, 1.82) is 0 Å². The first-order chi connectivity index (χ1) is 16.2. The van der Waals surface area contributed by atoms with Crippen LogP contribution in [-0.2, 0) is 16.1 Å². The summed E-state index contributed by atoms with van der Waals surface area (Å²) in [5, 5.41) is 13.5. The lowest BCUT2D eigenvalue weighted by Gasteiger charge is -2.25. The fourth-order valence-electron chi connectivity index (χ4n) is 4.39. The lowest BCUT2D eigenvalue weighted by molar-refractivity contribution is -0.140. The highest BCUT2D eigenvalue weighted by Gasteiger charge is 2.47. The van der Waals surface area contributed by atoms with Crippen LogP contribution in [0.5, 0.6) is 5.75 Å². The van der Waals surface area contributed by atoms with Gasteiger partial charge in [0, 0.05) is 29.4 Å². The number of carbonyl (C=O) groups is 2. The van der Waals surface area contributed by atoms with E-state index in [1.54, 1.807) is 24.4 Å². The van der Waals surface area contributed by atoms with Gasteiger partial charge >= 0.3 is 0 Å². The highest BCUT2D eigenvalue weighted by Crippen LogP contribution is 2.44. The molecule has 1 aliphatic heterocycles. The Morgan fingerprint density at radius 3 is 2.44 bits per heavy atom. The van der Waals surface area contributed by atoms with Crippen LogP contribution in [-0.4, -0.2) is 33.8 Å². The second kappa shape index (κ2) is 9.43. The number of aliphatic hydroxyl groups is 1. The average molecular weight is 477 g/mol. The van der Waals surface area contributed by atoms with Crippen LogP contribution in [0, 0.1) is 13.8 Å². The Hall–Kier alpha value is -3.45. The number of carbonyl (C=O) groups excluding carboxylic acids is 2. The predicted octanol–water partition coefficient (Wildman–Crippen LogP) is 5.51. The minimum absolute atomic E-state index is 0.118. The number of benzene rings is 1. The van der Waals surface area contributed by atoms with Crippen molar-refractivity contribution in [2.24, 2.45) is 0 Å². The quantitative estimate of drug-likeness (QED) is 0.288. The zero-order valence-electron chi connectivity index (χ0n) is 20.0. The van der Waals surface area contributed by atoms with E-state index < -0.39 is 17.7 Å². The van der Waals surface area contributed by atoms with Crippen LogP contribution < -0.4 is 4.74 Å². The molecule has 0 spiro atoms. The summed E-state index contributed by atoms with van der Waals surface area (Å²) >= 11 is 1.48. The number of hydrogen-bond acceptors (Lipinski definition) is 6. The van der Waals surface area contributed by atoms with Gasteiger partial charge in [0.15, 0.2) is 0 Å². The molecule has 1 unspecified atom stereocenters. The van der Waals surface area contributed by atoms with Crippen molar-refractivity contribution in [2.75, 3.05) is 7.11 Å². The second-order valence-corrected chi connectivity index (χ2v) is 9.76. The molecule has 1 N–H and O–H groups in total. The standard InChI is InChI=1S/C27H28N2O4S/c1-15(2)19-13-20(17(4)12-21(19)33-5)24(30)22-23(26-16(3)8-11-34-26)29(27(32)25(22)31)14-18-6-9-28-10-7-18/h6-13,15,23,30H,14H2,1-5H3/b24-22+. The molecule has 1 atom stereocenters. The molecule has 1 aromatic carbocycles. The molecule has 1 fully saturated rings. The summed E-state index contributed by atoms with van der Waals surface area (Å²) in [6.07, 6.45) is 3.32. The SMILES string of the molecule is COc1cc(C)c(/C(O)=C2\C(=O)C(=O)N(Cc3ccncc3)C2c2sccc2C)cc1C(C)C. The number of ether oxygens (including phenoxy) is 1. The van der Waals surface area contributed by atoms with Crippen LogP contribution in [0.4, 0.5) is 0 Å². The van der Waals surface area contributed by atoms with Crippen molar-refractivity contribution in [3.8, 4) is 5.75 Å². The van der Waals surface area contributed by atoms with E-state index in [2.05, 4.69) is 4.98 Å². The van der Waals surface area contributed by atoms with Crippen LogP contribution in [0.2, 0.25) is 0 Å². The van der Waals surface area contributed by atoms with E-state index in [0.717, 1.165) is 32.9 Å². The fourth-order valence-corrected chi connectivity index (χ4v) is 5.44. The zero-order chi connectivity index (χ0) is 24.6. The Labute approximate surface area is 203 Å². The van der Waals surface area contributed by atoms with Crippen LogP contribution in [0.25, 0.3) is 5.76 Å². The van der Waals surface area contributed by atoms with Gasteiger partial charge < -0.3 is 14.7 Å². The number of nitrogens with zero attached hydrogens (tertiary/aromatic N) is 2. The van der Waals surface area contributed by atoms with Crippen molar-refractivity contribution >= 4 is 28.8 Å². The van der Waals surface area contributed by atoms with Gasteiger partial charge in [-0.1, -0.05) is 13.8 Å². The summed E-state index contributed by atoms with van der Waals surface area (Å²) in [4.78, 5) is 33.0. The van der Waals surface area contributed by atoms with E-state index >= 15 is 0 Å². The zero-order valence-corrected chi connectivity index (χ0v) is 20.8. The number of aliphatic hydroxyl groups excluding tert-OH is 1. The Kier molecular flexibility index (Phi) is 6.57. The van der Waals surface area contributed by atoms with Crippen LogP contribution in [0.1, 0.15) is 58.5 Å². The van der Waals surface area contributed by atoms with Gasteiger partial charge in [0.2, 0.25) is 0 Å². The maximum Gasteiger partial charge on any atom is 0.295 e. The van der Waals surface area contributed by atoms with Gasteiger partial charge in [-0.05, 0) is 77.7 Å². The second-order valence-electron chi connectivity index (χ2n) is 8.81. The molecule has 1 aliphatic rings. The number of amides is 1. The highest BCUT2D eigenvalue weighted by atomic mass is 32.1. The van der Waals surface area contributed by atoms with Crippen molar-refractivity contribution < 1.29 is 19.4 Å². The van der Waals surface area contributed by atoms with Gasteiger partial charge in [-0.3, -0.25) is 14.6 Å². The van der Waals surface area contributed by atoms with E-state index in [-0.39, 0.29) is 23.8 Å². The van der Waals surface area contributed by atoms with Crippen molar-refractivity contribution in [2.45, 2.75) is 46.2 Å². The number of hydrogen-bond donors (Lipinski definition) is 1. The molecule has 0 bridgehead atoms. The Balaban J connectivity index is 1.91. The number of Topliss-reactive ketones (excluding diaryl/α,β-unsaturated/α-hetero) is 1. The van der Waals surface area contributed by atoms with Crippen molar-refractivity contribution in [1.82, 2.24) is 9.88 Å². The number of pyridine rings is 1. The summed E-state index contributed by atoms with van der Waals surface area (Å²) in [6, 6.07) is 8.66. The molecule has 0 aliphatic carbocycles. The number of likely N-dealkylation sites (tertiary alicyclic amines) is 1. The Morgan fingerprint density at radius 1 is 1.15 bits per heavy atom. The molecule has 2 aromatic heterocycles. The molecule has 7 heteroatoms. The third-order valence-electron chi connectivity index (χ3n) is 6.25. The van der Waals surface area contributed by atoms with E-state index in [0.29, 0.717) is 5.56 Å². The molecule has 176 valence electrons. The molecule has 3 aromatic rings. The van der Waals surface area contributed by atoms with Crippen molar-refractivity contribution in [3.63, 3.8) is 0 Å². The normalized spacial score (nSPS) is 17.6. The summed E-state index contributed by atoms with van der Waals surface area (Å²) < 4.78 is 5.53. The minimum Gasteiger partial charge on any atom is -0.507 e.